The van der Waals surface area contributed by atoms with Gasteiger partial charge in [0.1, 0.15) is 0 Å². The molecule has 2 rings (SSSR count). The van der Waals surface area contributed by atoms with Crippen molar-refractivity contribution in [3.63, 3.8) is 0 Å². The van der Waals surface area contributed by atoms with E-state index in [1.807, 2.05) is 0 Å². The SMILES string of the molecule is CCCCN1CCC(NC(=O)[C@H](C)NS(=O)(=O)c2ccc(NC(C)=O)cc2)CC1. The molecule has 162 valence electrons. The second kappa shape index (κ2) is 10.7. The van der Waals surface area contributed by atoms with Crippen molar-refractivity contribution in [1.29, 1.82) is 0 Å². The Labute approximate surface area is 173 Å². The molecule has 1 aromatic rings. The number of carbonyl (C=O) groups is 2. The molecule has 0 aromatic heterocycles. The highest BCUT2D eigenvalue weighted by Crippen LogP contribution is 2.15. The largest absolute Gasteiger partial charge is 0.352 e. The number of hydrogen-bond donors (Lipinski definition) is 3. The second-order valence-corrected chi connectivity index (χ2v) is 9.24. The van der Waals surface area contributed by atoms with Crippen LogP contribution in [-0.2, 0) is 19.6 Å². The second-order valence-electron chi connectivity index (χ2n) is 7.53. The highest BCUT2D eigenvalue weighted by atomic mass is 32.2. The summed E-state index contributed by atoms with van der Waals surface area (Å²) in [7, 11) is -3.84. The van der Waals surface area contributed by atoms with E-state index in [-0.39, 0.29) is 22.8 Å². The number of nitrogens with one attached hydrogen (secondary N) is 3. The molecule has 0 radical (unpaired) electrons. The van der Waals surface area contributed by atoms with Gasteiger partial charge in [-0.25, -0.2) is 8.42 Å². The third-order valence-electron chi connectivity index (χ3n) is 4.97. The molecule has 1 aromatic carbocycles. The first-order valence-electron chi connectivity index (χ1n) is 10.1. The van der Waals surface area contributed by atoms with Crippen molar-refractivity contribution < 1.29 is 18.0 Å². The Morgan fingerprint density at radius 3 is 2.34 bits per heavy atom. The maximum absolute atomic E-state index is 12.5. The van der Waals surface area contributed by atoms with Crippen molar-refractivity contribution in [2.45, 2.75) is 63.4 Å². The van der Waals surface area contributed by atoms with E-state index in [9.17, 15) is 18.0 Å². The van der Waals surface area contributed by atoms with Gasteiger partial charge in [0, 0.05) is 31.7 Å². The fourth-order valence-electron chi connectivity index (χ4n) is 3.28. The van der Waals surface area contributed by atoms with E-state index < -0.39 is 16.1 Å². The van der Waals surface area contributed by atoms with Crippen molar-refractivity contribution in [2.24, 2.45) is 0 Å². The smallest absolute Gasteiger partial charge is 0.241 e. The number of hydrogen-bond acceptors (Lipinski definition) is 5. The van der Waals surface area contributed by atoms with Crippen LogP contribution in [0.25, 0.3) is 0 Å². The van der Waals surface area contributed by atoms with Crippen molar-refractivity contribution in [3.8, 4) is 0 Å². The van der Waals surface area contributed by atoms with Crippen LogP contribution in [-0.4, -0.2) is 56.9 Å². The number of piperidine rings is 1. The fraction of sp³-hybridized carbons (Fsp3) is 0.600. The Bertz CT molecular complexity index is 787. The molecule has 9 heteroatoms. The summed E-state index contributed by atoms with van der Waals surface area (Å²) in [5, 5.41) is 5.54. The Balaban J connectivity index is 1.86. The summed E-state index contributed by atoms with van der Waals surface area (Å²) in [6.07, 6.45) is 4.10. The van der Waals surface area contributed by atoms with Crippen LogP contribution in [0, 0.1) is 0 Å². The van der Waals surface area contributed by atoms with Gasteiger partial charge < -0.3 is 15.5 Å². The quantitative estimate of drug-likeness (QED) is 0.559. The maximum Gasteiger partial charge on any atom is 0.241 e. The molecule has 1 atom stereocenters. The van der Waals surface area contributed by atoms with E-state index in [2.05, 4.69) is 27.2 Å². The lowest BCUT2D eigenvalue weighted by Crippen LogP contribution is -2.51. The van der Waals surface area contributed by atoms with E-state index in [0.29, 0.717) is 5.69 Å². The van der Waals surface area contributed by atoms with Crippen molar-refractivity contribution in [3.05, 3.63) is 24.3 Å². The van der Waals surface area contributed by atoms with E-state index in [1.54, 1.807) is 0 Å². The lowest BCUT2D eigenvalue weighted by atomic mass is 10.0. The molecule has 2 amide bonds. The van der Waals surface area contributed by atoms with Gasteiger partial charge in [0.25, 0.3) is 0 Å². The number of sulfonamides is 1. The monoisotopic (exact) mass is 424 g/mol. The van der Waals surface area contributed by atoms with Gasteiger partial charge in [-0.1, -0.05) is 13.3 Å². The van der Waals surface area contributed by atoms with Crippen molar-refractivity contribution in [2.75, 3.05) is 25.0 Å². The molecule has 1 aliphatic rings. The topological polar surface area (TPSA) is 108 Å². The Morgan fingerprint density at radius 1 is 1.17 bits per heavy atom. The van der Waals surface area contributed by atoms with Gasteiger partial charge in [-0.2, -0.15) is 4.72 Å². The first-order chi connectivity index (χ1) is 13.7. The maximum atomic E-state index is 12.5. The van der Waals surface area contributed by atoms with E-state index in [4.69, 9.17) is 0 Å². The Hall–Kier alpha value is -1.97. The minimum absolute atomic E-state index is 0.0375. The summed E-state index contributed by atoms with van der Waals surface area (Å²) in [6, 6.07) is 4.99. The Morgan fingerprint density at radius 2 is 1.79 bits per heavy atom. The van der Waals surface area contributed by atoms with Crippen molar-refractivity contribution >= 4 is 27.5 Å². The highest BCUT2D eigenvalue weighted by molar-refractivity contribution is 7.89. The number of nitrogens with zero attached hydrogens (tertiary/aromatic N) is 1. The van der Waals surface area contributed by atoms with Gasteiger partial charge >= 0.3 is 0 Å². The van der Waals surface area contributed by atoms with Gasteiger partial charge in [0.05, 0.1) is 10.9 Å². The lowest BCUT2D eigenvalue weighted by molar-refractivity contribution is -0.123. The summed E-state index contributed by atoms with van der Waals surface area (Å²) in [5.41, 5.74) is 0.507. The van der Waals surface area contributed by atoms with Crippen molar-refractivity contribution in [1.82, 2.24) is 14.9 Å². The molecule has 0 bridgehead atoms. The summed E-state index contributed by atoms with van der Waals surface area (Å²) < 4.78 is 27.5. The molecule has 8 nitrogen and oxygen atoms in total. The van der Waals surface area contributed by atoms with E-state index in [0.717, 1.165) is 32.5 Å². The average molecular weight is 425 g/mol. The van der Waals surface area contributed by atoms with Crippen LogP contribution >= 0.6 is 0 Å². The van der Waals surface area contributed by atoms with Crippen LogP contribution in [0.4, 0.5) is 5.69 Å². The zero-order valence-electron chi connectivity index (χ0n) is 17.4. The number of anilines is 1. The fourth-order valence-corrected chi connectivity index (χ4v) is 4.49. The molecular formula is C20H32N4O4S. The molecule has 1 heterocycles. The third-order valence-corrected chi connectivity index (χ3v) is 6.53. The van der Waals surface area contributed by atoms with E-state index in [1.165, 1.54) is 51.0 Å². The molecular weight excluding hydrogens is 392 g/mol. The normalized spacial score (nSPS) is 16.9. The van der Waals surface area contributed by atoms with Gasteiger partial charge in [0.2, 0.25) is 21.8 Å². The molecule has 0 unspecified atom stereocenters. The highest BCUT2D eigenvalue weighted by Gasteiger charge is 2.25. The van der Waals surface area contributed by atoms with Crippen LogP contribution in [0.15, 0.2) is 29.2 Å². The number of carbonyl (C=O) groups excluding carboxylic acids is 2. The molecule has 29 heavy (non-hydrogen) atoms. The van der Waals surface area contributed by atoms with Gasteiger partial charge in [0.15, 0.2) is 0 Å². The third kappa shape index (κ3) is 7.41. The summed E-state index contributed by atoms with van der Waals surface area (Å²) >= 11 is 0. The summed E-state index contributed by atoms with van der Waals surface area (Å²) in [6.45, 7) is 8.08. The zero-order valence-corrected chi connectivity index (χ0v) is 18.2. The molecule has 0 spiro atoms. The minimum atomic E-state index is -3.84. The Kier molecular flexibility index (Phi) is 8.60. The zero-order chi connectivity index (χ0) is 21.4. The predicted octanol–water partition coefficient (Wildman–Crippen LogP) is 1.69. The number of unbranched alkanes of at least 4 members (excludes halogenated alkanes) is 1. The van der Waals surface area contributed by atoms with Gasteiger partial charge in [-0.05, 0) is 57.0 Å². The van der Waals surface area contributed by atoms with Gasteiger partial charge in [-0.15, -0.1) is 0 Å². The molecule has 1 fully saturated rings. The minimum Gasteiger partial charge on any atom is -0.352 e. The number of likely N-dealkylation sites (tertiary alicyclic amines) is 1. The standard InChI is InChI=1S/C20H32N4O4S/c1-4-5-12-24-13-10-18(11-14-24)22-20(26)15(2)23-29(27,28)19-8-6-17(7-9-19)21-16(3)25/h6-9,15,18,23H,4-5,10-14H2,1-3H3,(H,21,25)(H,22,26)/t15-/m0/s1. The van der Waals surface area contributed by atoms with Crippen LogP contribution < -0.4 is 15.4 Å². The first kappa shape index (κ1) is 23.3. The number of rotatable bonds is 9. The number of benzene rings is 1. The molecule has 1 aliphatic heterocycles. The first-order valence-corrected chi connectivity index (χ1v) is 11.6. The van der Waals surface area contributed by atoms with Crippen LogP contribution in [0.2, 0.25) is 0 Å². The van der Waals surface area contributed by atoms with Crippen LogP contribution in [0.1, 0.15) is 46.5 Å². The molecule has 0 aliphatic carbocycles. The average Bonchev–Trinajstić information content (AvgIpc) is 2.67. The summed E-state index contributed by atoms with van der Waals surface area (Å²) in [5.74, 6) is -0.560. The predicted molar refractivity (Wildman–Crippen MR) is 113 cm³/mol. The summed E-state index contributed by atoms with van der Waals surface area (Å²) in [4.78, 5) is 25.9. The van der Waals surface area contributed by atoms with Crippen LogP contribution in [0.3, 0.4) is 0 Å². The molecule has 1 saturated heterocycles. The molecule has 0 saturated carbocycles. The van der Waals surface area contributed by atoms with E-state index >= 15 is 0 Å². The lowest BCUT2D eigenvalue weighted by Gasteiger charge is -2.32. The number of amides is 2. The van der Waals surface area contributed by atoms with Gasteiger partial charge in [-0.3, -0.25) is 9.59 Å². The molecule has 3 N–H and O–H groups in total. The van der Waals surface area contributed by atoms with Crippen LogP contribution in [0.5, 0.6) is 0 Å².